The molecule has 1 aliphatic rings. The Balaban J connectivity index is 1.56. The first-order valence-electron chi connectivity index (χ1n) is 11.1. The molecule has 0 N–H and O–H groups in total. The minimum atomic E-state index is -0.534. The number of benzene rings is 3. The van der Waals surface area contributed by atoms with Gasteiger partial charge in [-0.2, -0.15) is 0 Å². The van der Waals surface area contributed by atoms with Crippen LogP contribution in [-0.2, 0) is 17.9 Å². The number of hydrogen-bond acceptors (Lipinski definition) is 7. The van der Waals surface area contributed by atoms with Gasteiger partial charge in [-0.1, -0.05) is 41.9 Å². The maximum atomic E-state index is 13.0. The molecule has 0 bridgehead atoms. The number of carbonyl (C=O) groups is 2. The molecule has 3 aromatic rings. The largest absolute Gasteiger partial charge is 0.490 e. The molecule has 1 aliphatic heterocycles. The van der Waals surface area contributed by atoms with Gasteiger partial charge in [0, 0.05) is 16.7 Å². The van der Waals surface area contributed by atoms with Crippen LogP contribution >= 0.6 is 39.3 Å². The lowest BCUT2D eigenvalue weighted by molar-refractivity contribution is -0.385. The summed E-state index contributed by atoms with van der Waals surface area (Å²) in [5.41, 5.74) is 1.67. The highest BCUT2D eigenvalue weighted by Crippen LogP contribution is 2.40. The summed E-state index contributed by atoms with van der Waals surface area (Å²) < 4.78 is 12.4. The van der Waals surface area contributed by atoms with Crippen molar-refractivity contribution in [3.63, 3.8) is 0 Å². The first-order chi connectivity index (χ1) is 17.8. The van der Waals surface area contributed by atoms with Crippen molar-refractivity contribution in [2.45, 2.75) is 20.1 Å². The van der Waals surface area contributed by atoms with E-state index in [1.165, 1.54) is 18.2 Å². The second-order valence-electron chi connectivity index (χ2n) is 7.83. The van der Waals surface area contributed by atoms with E-state index in [1.54, 1.807) is 36.4 Å². The number of carbonyl (C=O) groups excluding carboxylic acids is 2. The van der Waals surface area contributed by atoms with Crippen molar-refractivity contribution in [2.75, 3.05) is 6.61 Å². The number of amides is 2. The number of nitro benzene ring substituents is 1. The number of halogens is 2. The minimum absolute atomic E-state index is 0.148. The molecule has 11 heteroatoms. The average Bonchev–Trinajstić information content (AvgIpc) is 3.12. The first-order valence-corrected chi connectivity index (χ1v) is 13.1. The van der Waals surface area contributed by atoms with Crippen LogP contribution in [-0.4, -0.2) is 27.6 Å². The molecule has 1 fully saturated rings. The zero-order valence-electron chi connectivity index (χ0n) is 19.5. The van der Waals surface area contributed by atoms with Gasteiger partial charge in [0.05, 0.1) is 27.5 Å². The van der Waals surface area contributed by atoms with E-state index in [2.05, 4.69) is 15.9 Å². The third-order valence-electron chi connectivity index (χ3n) is 5.32. The summed E-state index contributed by atoms with van der Waals surface area (Å²) in [6, 6.07) is 16.8. The van der Waals surface area contributed by atoms with Gasteiger partial charge in [0.15, 0.2) is 11.5 Å². The normalized spacial score (nSPS) is 14.4. The predicted octanol–water partition coefficient (Wildman–Crippen LogP) is 7.22. The van der Waals surface area contributed by atoms with Crippen LogP contribution < -0.4 is 9.47 Å². The Kier molecular flexibility index (Phi) is 8.52. The highest BCUT2D eigenvalue weighted by Gasteiger charge is 2.36. The predicted molar refractivity (Wildman–Crippen MR) is 146 cm³/mol. The fraction of sp³-hybridized carbons (Fsp3) is 0.154. The molecule has 190 valence electrons. The van der Waals surface area contributed by atoms with Crippen molar-refractivity contribution in [1.82, 2.24) is 4.90 Å². The standard InChI is InChI=1S/C26H20BrClN2O6S/c1-2-35-22-12-17(11-20(27)24(22)36-15-16-7-9-19(28)10-8-16)13-23-25(31)29(26(32)37-23)14-18-5-3-4-6-21(18)30(33)34/h3-13H,2,14-15H2,1H3/b23-13-. The number of para-hydroxylation sites is 1. The van der Waals surface area contributed by atoms with Crippen molar-refractivity contribution in [3.8, 4) is 11.5 Å². The molecular weight excluding hydrogens is 584 g/mol. The molecule has 4 rings (SSSR count). The zero-order chi connectivity index (χ0) is 26.5. The average molecular weight is 604 g/mol. The monoisotopic (exact) mass is 602 g/mol. The van der Waals surface area contributed by atoms with Gasteiger partial charge in [-0.05, 0) is 76.1 Å². The van der Waals surface area contributed by atoms with Crippen molar-refractivity contribution >= 4 is 62.2 Å². The summed E-state index contributed by atoms with van der Waals surface area (Å²) in [4.78, 5) is 37.6. The Hall–Kier alpha value is -3.34. The summed E-state index contributed by atoms with van der Waals surface area (Å²) in [6.45, 7) is 2.33. The lowest BCUT2D eigenvalue weighted by atomic mass is 10.1. The maximum Gasteiger partial charge on any atom is 0.293 e. The number of ether oxygens (including phenoxy) is 2. The molecule has 3 aromatic carbocycles. The third kappa shape index (κ3) is 6.33. The quantitative estimate of drug-likeness (QED) is 0.145. The number of hydrogen-bond donors (Lipinski definition) is 0. The first kappa shape index (κ1) is 26.7. The van der Waals surface area contributed by atoms with Crippen LogP contribution in [0.1, 0.15) is 23.6 Å². The molecule has 0 spiro atoms. The Labute approximate surface area is 230 Å². The summed E-state index contributed by atoms with van der Waals surface area (Å²) in [5.74, 6) is 0.444. The smallest absolute Gasteiger partial charge is 0.293 e. The van der Waals surface area contributed by atoms with Crippen LogP contribution in [0.2, 0.25) is 5.02 Å². The van der Waals surface area contributed by atoms with Gasteiger partial charge >= 0.3 is 0 Å². The molecule has 0 saturated carbocycles. The molecule has 1 saturated heterocycles. The van der Waals surface area contributed by atoms with Gasteiger partial charge in [0.25, 0.3) is 16.8 Å². The van der Waals surface area contributed by atoms with Gasteiger partial charge in [-0.3, -0.25) is 24.6 Å². The summed E-state index contributed by atoms with van der Waals surface area (Å²) in [6.07, 6.45) is 1.58. The van der Waals surface area contributed by atoms with E-state index in [1.807, 2.05) is 19.1 Å². The van der Waals surface area contributed by atoms with E-state index >= 15 is 0 Å². The molecule has 2 amide bonds. The Bertz CT molecular complexity index is 1400. The maximum absolute atomic E-state index is 13.0. The number of nitro groups is 1. The molecule has 0 aromatic heterocycles. The molecular formula is C26H20BrClN2O6S. The van der Waals surface area contributed by atoms with Crippen LogP contribution in [0.5, 0.6) is 11.5 Å². The highest BCUT2D eigenvalue weighted by molar-refractivity contribution is 9.10. The molecule has 0 unspecified atom stereocenters. The van der Waals surface area contributed by atoms with Gasteiger partial charge < -0.3 is 9.47 Å². The van der Waals surface area contributed by atoms with Crippen LogP contribution in [0, 0.1) is 10.1 Å². The van der Waals surface area contributed by atoms with E-state index in [0.717, 1.165) is 22.2 Å². The summed E-state index contributed by atoms with van der Waals surface area (Å²) >= 11 is 10.2. The Morgan fingerprint density at radius 1 is 1.11 bits per heavy atom. The fourth-order valence-corrected chi connectivity index (χ4v) is 5.13. The molecule has 0 atom stereocenters. The van der Waals surface area contributed by atoms with E-state index in [9.17, 15) is 19.7 Å². The van der Waals surface area contributed by atoms with Crippen LogP contribution in [0.15, 0.2) is 70.0 Å². The molecule has 0 aliphatic carbocycles. The van der Waals surface area contributed by atoms with Gasteiger partial charge in [0.2, 0.25) is 0 Å². The second-order valence-corrected chi connectivity index (χ2v) is 10.1. The van der Waals surface area contributed by atoms with E-state index in [-0.39, 0.29) is 22.7 Å². The molecule has 37 heavy (non-hydrogen) atoms. The molecule has 0 radical (unpaired) electrons. The van der Waals surface area contributed by atoms with Gasteiger partial charge in [-0.25, -0.2) is 0 Å². The summed E-state index contributed by atoms with van der Waals surface area (Å²) in [7, 11) is 0. The number of rotatable bonds is 9. The molecule has 1 heterocycles. The van der Waals surface area contributed by atoms with Gasteiger partial charge in [-0.15, -0.1) is 0 Å². The lowest BCUT2D eigenvalue weighted by Gasteiger charge is -2.15. The topological polar surface area (TPSA) is 99.0 Å². The Morgan fingerprint density at radius 2 is 1.84 bits per heavy atom. The van der Waals surface area contributed by atoms with Crippen LogP contribution in [0.25, 0.3) is 6.08 Å². The van der Waals surface area contributed by atoms with E-state index in [4.69, 9.17) is 21.1 Å². The van der Waals surface area contributed by atoms with Crippen molar-refractivity contribution in [1.29, 1.82) is 0 Å². The minimum Gasteiger partial charge on any atom is -0.490 e. The SMILES string of the molecule is CCOc1cc(/C=C2\SC(=O)N(Cc3ccccc3[N+](=O)[O-])C2=O)cc(Br)c1OCc1ccc(Cl)cc1. The van der Waals surface area contributed by atoms with Crippen LogP contribution in [0.4, 0.5) is 10.5 Å². The lowest BCUT2D eigenvalue weighted by Crippen LogP contribution is -2.27. The van der Waals surface area contributed by atoms with Crippen molar-refractivity contribution in [2.24, 2.45) is 0 Å². The number of nitrogens with zero attached hydrogens (tertiary/aromatic N) is 2. The number of thioether (sulfide) groups is 1. The Morgan fingerprint density at radius 3 is 2.54 bits per heavy atom. The summed E-state index contributed by atoms with van der Waals surface area (Å²) in [5, 5.41) is 11.5. The van der Waals surface area contributed by atoms with Crippen molar-refractivity contribution < 1.29 is 24.0 Å². The number of imide groups is 1. The van der Waals surface area contributed by atoms with E-state index < -0.39 is 16.1 Å². The van der Waals surface area contributed by atoms with Crippen molar-refractivity contribution in [3.05, 3.63) is 102 Å². The van der Waals surface area contributed by atoms with Crippen LogP contribution in [0.3, 0.4) is 0 Å². The highest BCUT2D eigenvalue weighted by atomic mass is 79.9. The fourth-order valence-electron chi connectivity index (χ4n) is 3.59. The third-order valence-corrected chi connectivity index (χ3v) is 7.06. The zero-order valence-corrected chi connectivity index (χ0v) is 22.6. The van der Waals surface area contributed by atoms with E-state index in [0.29, 0.717) is 39.8 Å². The second kappa shape index (κ2) is 11.8. The molecule has 8 nitrogen and oxygen atoms in total. The van der Waals surface area contributed by atoms with Gasteiger partial charge in [0.1, 0.15) is 6.61 Å².